The molecule has 0 unspecified atom stereocenters. The average molecular weight is 242 g/mol. The van der Waals surface area contributed by atoms with Crippen molar-refractivity contribution in [2.45, 2.75) is 12.5 Å². The van der Waals surface area contributed by atoms with E-state index in [1.807, 2.05) is 30.3 Å². The third kappa shape index (κ3) is 5.19. The number of carbonyl (C=O) groups excluding carboxylic acids is 1. The smallest absolute Gasteiger partial charge is 0.324 e. The predicted octanol–water partition coefficient (Wildman–Crippen LogP) is 0.432. The molecule has 0 bridgehead atoms. The van der Waals surface area contributed by atoms with Gasteiger partial charge in [0.15, 0.2) is 0 Å². The molecule has 1 aromatic rings. The molecule has 0 saturated carbocycles. The van der Waals surface area contributed by atoms with E-state index in [0.717, 1.165) is 5.56 Å². The molecule has 0 spiro atoms. The van der Waals surface area contributed by atoms with Crippen molar-refractivity contribution in [3.63, 3.8) is 0 Å². The van der Waals surface area contributed by atoms with Gasteiger partial charge in [0.05, 0.1) is 12.3 Å². The zero-order valence-electron chi connectivity index (χ0n) is 8.54. The lowest BCUT2D eigenvalue weighted by Crippen LogP contribution is -2.33. The van der Waals surface area contributed by atoms with E-state index >= 15 is 0 Å². The molecular formula is C10H13NO4P. The molecule has 16 heavy (non-hydrogen) atoms. The first-order valence-electron chi connectivity index (χ1n) is 4.71. The van der Waals surface area contributed by atoms with Crippen molar-refractivity contribution in [3.05, 3.63) is 35.9 Å². The molecule has 1 atom stereocenters. The van der Waals surface area contributed by atoms with Crippen LogP contribution in [0.2, 0.25) is 0 Å². The van der Waals surface area contributed by atoms with Crippen LogP contribution in [0.15, 0.2) is 30.3 Å². The van der Waals surface area contributed by atoms with Crippen molar-refractivity contribution in [1.82, 2.24) is 5.32 Å². The summed E-state index contributed by atoms with van der Waals surface area (Å²) in [5, 5.41) is 2.47. The van der Waals surface area contributed by atoms with Crippen LogP contribution in [0.25, 0.3) is 0 Å². The predicted molar refractivity (Wildman–Crippen MR) is 59.7 cm³/mol. The molecule has 0 heterocycles. The van der Waals surface area contributed by atoms with Gasteiger partial charge in [0.25, 0.3) is 0 Å². The molecule has 0 aliphatic carbocycles. The molecule has 0 aromatic heterocycles. The van der Waals surface area contributed by atoms with Gasteiger partial charge in [-0.15, -0.1) is 0 Å². The van der Waals surface area contributed by atoms with Gasteiger partial charge in [-0.05, 0) is 12.0 Å². The average Bonchev–Trinajstić information content (AvgIpc) is 2.24. The van der Waals surface area contributed by atoms with Crippen LogP contribution in [-0.4, -0.2) is 28.4 Å². The summed E-state index contributed by atoms with van der Waals surface area (Å²) < 4.78 is 10.6. The summed E-state index contributed by atoms with van der Waals surface area (Å²) in [7, 11) is -4.13. The molecule has 0 aliphatic heterocycles. The monoisotopic (exact) mass is 242 g/mol. The molecular weight excluding hydrogens is 229 g/mol. The number of rotatable bonds is 6. The third-order valence-corrected chi connectivity index (χ3v) is 2.56. The maximum absolute atomic E-state index is 10.6. The first-order chi connectivity index (χ1) is 7.51. The second kappa shape index (κ2) is 5.92. The molecule has 0 amide bonds. The Hall–Kier alpha value is -1.00. The lowest BCUT2D eigenvalue weighted by Gasteiger charge is -2.12. The SMILES string of the molecule is O=[C][C@H](Cc1ccccc1)NCP(=O)(O)O. The summed E-state index contributed by atoms with van der Waals surface area (Å²) in [6, 6.07) is 8.49. The van der Waals surface area contributed by atoms with E-state index in [2.05, 4.69) is 5.32 Å². The highest BCUT2D eigenvalue weighted by atomic mass is 31.2. The molecule has 0 aliphatic rings. The van der Waals surface area contributed by atoms with Gasteiger partial charge in [0, 0.05) is 0 Å². The zero-order chi connectivity index (χ0) is 12.0. The van der Waals surface area contributed by atoms with E-state index in [-0.39, 0.29) is 0 Å². The quantitative estimate of drug-likeness (QED) is 0.630. The van der Waals surface area contributed by atoms with Crippen LogP contribution in [0, 0.1) is 0 Å². The van der Waals surface area contributed by atoms with Crippen LogP contribution in [0.1, 0.15) is 5.56 Å². The molecule has 87 valence electrons. The normalized spacial score (nSPS) is 13.4. The lowest BCUT2D eigenvalue weighted by atomic mass is 10.1. The van der Waals surface area contributed by atoms with Crippen molar-refractivity contribution in [3.8, 4) is 0 Å². The van der Waals surface area contributed by atoms with E-state index in [4.69, 9.17) is 9.79 Å². The molecule has 0 fully saturated rings. The van der Waals surface area contributed by atoms with Gasteiger partial charge in [-0.3, -0.25) is 14.7 Å². The summed E-state index contributed by atoms with van der Waals surface area (Å²) in [4.78, 5) is 27.9. The minimum Gasteiger partial charge on any atom is -0.324 e. The number of nitrogens with one attached hydrogen (secondary N) is 1. The Bertz CT molecular complexity index is 376. The van der Waals surface area contributed by atoms with Crippen LogP contribution < -0.4 is 5.32 Å². The number of hydrogen-bond acceptors (Lipinski definition) is 3. The van der Waals surface area contributed by atoms with Crippen LogP contribution in [0.4, 0.5) is 0 Å². The highest BCUT2D eigenvalue weighted by Gasteiger charge is 2.16. The summed E-state index contributed by atoms with van der Waals surface area (Å²) in [5.74, 6) is 0. The van der Waals surface area contributed by atoms with Crippen LogP contribution >= 0.6 is 7.60 Å². The van der Waals surface area contributed by atoms with Gasteiger partial charge in [0.1, 0.15) is 0 Å². The highest BCUT2D eigenvalue weighted by Crippen LogP contribution is 2.32. The molecule has 0 saturated heterocycles. The number of hydrogen-bond donors (Lipinski definition) is 3. The fourth-order valence-electron chi connectivity index (χ4n) is 1.23. The van der Waals surface area contributed by atoms with Crippen LogP contribution in [-0.2, 0) is 15.8 Å². The van der Waals surface area contributed by atoms with Crippen molar-refractivity contribution in [1.29, 1.82) is 0 Å². The van der Waals surface area contributed by atoms with Gasteiger partial charge in [-0.25, -0.2) is 0 Å². The first-order valence-corrected chi connectivity index (χ1v) is 6.50. The second-order valence-electron chi connectivity index (χ2n) is 3.39. The Morgan fingerprint density at radius 3 is 2.44 bits per heavy atom. The van der Waals surface area contributed by atoms with Gasteiger partial charge < -0.3 is 9.79 Å². The first kappa shape index (κ1) is 13.1. The van der Waals surface area contributed by atoms with Crippen molar-refractivity contribution >= 4 is 13.9 Å². The topological polar surface area (TPSA) is 86.6 Å². The largest absolute Gasteiger partial charge is 0.339 e. The second-order valence-corrected chi connectivity index (χ2v) is 5.03. The lowest BCUT2D eigenvalue weighted by molar-refractivity contribution is 0.366. The standard InChI is InChI=1S/C10H13NO4P/c12-7-10(11-8-16(13,14)15)6-9-4-2-1-3-5-9/h1-5,10-11H,6,8H2,(H2,13,14,15)/t10-/m0/s1. The van der Waals surface area contributed by atoms with Gasteiger partial charge >= 0.3 is 7.60 Å². The zero-order valence-corrected chi connectivity index (χ0v) is 9.43. The fraction of sp³-hybridized carbons (Fsp3) is 0.300. The fourth-order valence-corrected chi connectivity index (χ4v) is 1.69. The van der Waals surface area contributed by atoms with Crippen LogP contribution in [0.3, 0.4) is 0 Å². The van der Waals surface area contributed by atoms with E-state index in [1.54, 1.807) is 6.29 Å². The molecule has 1 radical (unpaired) electrons. The molecule has 6 heteroatoms. The van der Waals surface area contributed by atoms with Crippen molar-refractivity contribution in [2.24, 2.45) is 0 Å². The summed E-state index contributed by atoms with van der Waals surface area (Å²) >= 11 is 0. The Labute approximate surface area is 93.7 Å². The summed E-state index contributed by atoms with van der Waals surface area (Å²) in [5.41, 5.74) is 0.911. The molecule has 3 N–H and O–H groups in total. The van der Waals surface area contributed by atoms with E-state index in [9.17, 15) is 9.36 Å². The third-order valence-electron chi connectivity index (χ3n) is 1.97. The van der Waals surface area contributed by atoms with E-state index in [0.29, 0.717) is 6.42 Å². The minimum absolute atomic E-state index is 0.365. The van der Waals surface area contributed by atoms with Crippen LogP contribution in [0.5, 0.6) is 0 Å². The molecule has 1 rings (SSSR count). The summed E-state index contributed by atoms with van der Waals surface area (Å²) in [6.07, 6.45) is 1.57. The van der Waals surface area contributed by atoms with Crippen molar-refractivity contribution < 1.29 is 19.1 Å². The Morgan fingerprint density at radius 1 is 1.31 bits per heavy atom. The van der Waals surface area contributed by atoms with Gasteiger partial charge in [0.2, 0.25) is 6.29 Å². The number of benzene rings is 1. The summed E-state index contributed by atoms with van der Waals surface area (Å²) in [6.45, 7) is 0. The maximum Gasteiger partial charge on any atom is 0.339 e. The minimum atomic E-state index is -4.13. The highest BCUT2D eigenvalue weighted by molar-refractivity contribution is 7.51. The van der Waals surface area contributed by atoms with E-state index in [1.165, 1.54) is 0 Å². The molecule has 1 aromatic carbocycles. The Kier molecular flexibility index (Phi) is 4.83. The maximum atomic E-state index is 10.6. The van der Waals surface area contributed by atoms with Gasteiger partial charge in [-0.1, -0.05) is 30.3 Å². The molecule has 5 nitrogen and oxygen atoms in total. The Morgan fingerprint density at radius 2 is 1.94 bits per heavy atom. The van der Waals surface area contributed by atoms with Crippen molar-refractivity contribution in [2.75, 3.05) is 6.29 Å². The van der Waals surface area contributed by atoms with Gasteiger partial charge in [-0.2, -0.15) is 0 Å². The van der Waals surface area contributed by atoms with E-state index < -0.39 is 19.9 Å². The Balaban J connectivity index is 2.50.